The van der Waals surface area contributed by atoms with Crippen molar-refractivity contribution in [3.05, 3.63) is 114 Å². The molecule has 6 heteroatoms. The van der Waals surface area contributed by atoms with Gasteiger partial charge in [-0.05, 0) is 79.6 Å². The van der Waals surface area contributed by atoms with E-state index >= 15 is 0 Å². The van der Waals surface area contributed by atoms with Gasteiger partial charge in [0.05, 0.1) is 30.0 Å². The monoisotopic (exact) mass is 520 g/mol. The van der Waals surface area contributed by atoms with E-state index in [1.54, 1.807) is 12.0 Å². The van der Waals surface area contributed by atoms with Crippen molar-refractivity contribution in [2.24, 2.45) is 0 Å². The van der Waals surface area contributed by atoms with E-state index in [1.165, 1.54) is 11.3 Å². The van der Waals surface area contributed by atoms with Gasteiger partial charge in [0, 0.05) is 11.1 Å². The van der Waals surface area contributed by atoms with E-state index in [-0.39, 0.29) is 5.91 Å². The summed E-state index contributed by atoms with van der Waals surface area (Å²) >= 11 is 1.50. The lowest BCUT2D eigenvalue weighted by Crippen LogP contribution is -2.26. The van der Waals surface area contributed by atoms with Crippen molar-refractivity contribution in [3.8, 4) is 33.2 Å². The lowest BCUT2D eigenvalue weighted by atomic mass is 10.1. The maximum absolute atomic E-state index is 14.1. The number of nitrogens with zero attached hydrogens (tertiary/aromatic N) is 2. The second-order valence-electron chi connectivity index (χ2n) is 8.65. The fourth-order valence-corrected chi connectivity index (χ4v) is 5.35. The predicted molar refractivity (Wildman–Crippen MR) is 155 cm³/mol. The Morgan fingerprint density at radius 2 is 1.47 bits per heavy atom. The number of thiazole rings is 1. The first-order valence-corrected chi connectivity index (χ1v) is 13.2. The first kappa shape index (κ1) is 25.2. The van der Waals surface area contributed by atoms with E-state index in [4.69, 9.17) is 14.5 Å². The van der Waals surface area contributed by atoms with Crippen LogP contribution < -0.4 is 14.4 Å². The molecular weight excluding hydrogens is 492 g/mol. The number of aryl methyl sites for hydroxylation is 1. The standard InChI is InChI=1S/C32H28N2O3S/c1-4-37-27-20-16-25(17-21-27)34(31(35)28-13-9-8-10-22(28)2)32-33-29(23-14-18-26(36-3)19-15-23)30(38-32)24-11-6-5-7-12-24/h5-21H,4H2,1-3H3. The molecule has 0 atom stereocenters. The predicted octanol–water partition coefficient (Wildman–Crippen LogP) is 8.17. The number of aromatic nitrogens is 1. The molecule has 1 amide bonds. The van der Waals surface area contributed by atoms with Gasteiger partial charge >= 0.3 is 0 Å². The Kier molecular flexibility index (Phi) is 7.52. The summed E-state index contributed by atoms with van der Waals surface area (Å²) in [7, 11) is 1.65. The molecular formula is C32H28N2O3S. The topological polar surface area (TPSA) is 51.7 Å². The highest BCUT2D eigenvalue weighted by atomic mass is 32.1. The molecule has 190 valence electrons. The second-order valence-corrected chi connectivity index (χ2v) is 9.63. The molecule has 0 unspecified atom stereocenters. The summed E-state index contributed by atoms with van der Waals surface area (Å²) in [5, 5.41) is 0.590. The van der Waals surface area contributed by atoms with Crippen molar-refractivity contribution < 1.29 is 14.3 Å². The van der Waals surface area contributed by atoms with Crippen molar-refractivity contribution in [2.75, 3.05) is 18.6 Å². The highest BCUT2D eigenvalue weighted by Crippen LogP contribution is 2.43. The normalized spacial score (nSPS) is 10.7. The zero-order valence-corrected chi connectivity index (χ0v) is 22.4. The molecule has 0 aliphatic heterocycles. The van der Waals surface area contributed by atoms with Crippen LogP contribution in [0, 0.1) is 6.92 Å². The molecule has 0 saturated carbocycles. The van der Waals surface area contributed by atoms with Crippen LogP contribution in [0.1, 0.15) is 22.8 Å². The molecule has 0 aliphatic carbocycles. The van der Waals surface area contributed by atoms with Gasteiger partial charge in [0.2, 0.25) is 0 Å². The van der Waals surface area contributed by atoms with Crippen LogP contribution in [0.15, 0.2) is 103 Å². The number of benzene rings is 4. The van der Waals surface area contributed by atoms with E-state index in [0.29, 0.717) is 17.3 Å². The van der Waals surface area contributed by atoms with E-state index in [9.17, 15) is 4.79 Å². The summed E-state index contributed by atoms with van der Waals surface area (Å²) in [4.78, 5) is 21.9. The Labute approximate surface area is 226 Å². The largest absolute Gasteiger partial charge is 0.497 e. The third-order valence-corrected chi connectivity index (χ3v) is 7.28. The summed E-state index contributed by atoms with van der Waals surface area (Å²) in [5.41, 5.74) is 5.05. The maximum Gasteiger partial charge on any atom is 0.264 e. The molecule has 1 heterocycles. The van der Waals surface area contributed by atoms with Crippen LogP contribution in [0.3, 0.4) is 0 Å². The minimum absolute atomic E-state index is 0.137. The molecule has 0 N–H and O–H groups in total. The minimum atomic E-state index is -0.137. The smallest absolute Gasteiger partial charge is 0.264 e. The molecule has 38 heavy (non-hydrogen) atoms. The van der Waals surface area contributed by atoms with Gasteiger partial charge in [-0.1, -0.05) is 59.9 Å². The number of ether oxygens (including phenoxy) is 2. The Hall–Kier alpha value is -4.42. The highest BCUT2D eigenvalue weighted by molar-refractivity contribution is 7.19. The summed E-state index contributed by atoms with van der Waals surface area (Å²) in [6.07, 6.45) is 0. The van der Waals surface area contributed by atoms with E-state index in [0.717, 1.165) is 44.4 Å². The van der Waals surface area contributed by atoms with Crippen LogP contribution in [0.5, 0.6) is 11.5 Å². The van der Waals surface area contributed by atoms with Gasteiger partial charge in [0.25, 0.3) is 5.91 Å². The number of anilines is 2. The molecule has 0 saturated heterocycles. The van der Waals surface area contributed by atoms with Gasteiger partial charge in [-0.3, -0.25) is 9.69 Å². The molecule has 0 radical (unpaired) electrons. The zero-order valence-electron chi connectivity index (χ0n) is 21.5. The minimum Gasteiger partial charge on any atom is -0.497 e. The molecule has 0 aliphatic rings. The van der Waals surface area contributed by atoms with Crippen LogP contribution >= 0.6 is 11.3 Å². The van der Waals surface area contributed by atoms with Crippen molar-refractivity contribution in [1.82, 2.24) is 4.98 Å². The lowest BCUT2D eigenvalue weighted by Gasteiger charge is -2.21. The van der Waals surface area contributed by atoms with Crippen molar-refractivity contribution in [1.29, 1.82) is 0 Å². The number of methoxy groups -OCH3 is 1. The summed E-state index contributed by atoms with van der Waals surface area (Å²) in [5.74, 6) is 1.39. The average Bonchev–Trinajstić information content (AvgIpc) is 3.40. The average molecular weight is 521 g/mol. The number of carbonyl (C=O) groups excluding carboxylic acids is 1. The van der Waals surface area contributed by atoms with Gasteiger partial charge in [0.15, 0.2) is 5.13 Å². The van der Waals surface area contributed by atoms with Crippen molar-refractivity contribution in [2.45, 2.75) is 13.8 Å². The second kappa shape index (κ2) is 11.3. The third-order valence-electron chi connectivity index (χ3n) is 6.19. The third kappa shape index (κ3) is 5.17. The van der Waals surface area contributed by atoms with Crippen LogP contribution in [0.4, 0.5) is 10.8 Å². The maximum atomic E-state index is 14.1. The molecule has 4 aromatic carbocycles. The fraction of sp³-hybridized carbons (Fsp3) is 0.125. The fourth-order valence-electron chi connectivity index (χ4n) is 4.24. The first-order valence-electron chi connectivity index (χ1n) is 12.4. The highest BCUT2D eigenvalue weighted by Gasteiger charge is 2.27. The zero-order chi connectivity index (χ0) is 26.5. The molecule has 0 fully saturated rings. The van der Waals surface area contributed by atoms with E-state index in [1.807, 2.05) is 105 Å². The summed E-state index contributed by atoms with van der Waals surface area (Å²) in [6.45, 7) is 4.47. The van der Waals surface area contributed by atoms with Crippen LogP contribution in [-0.4, -0.2) is 24.6 Å². The van der Waals surface area contributed by atoms with Gasteiger partial charge in [-0.15, -0.1) is 0 Å². The van der Waals surface area contributed by atoms with E-state index < -0.39 is 0 Å². The SMILES string of the molecule is CCOc1ccc(N(C(=O)c2ccccc2C)c2nc(-c3ccc(OC)cc3)c(-c3ccccc3)s2)cc1. The molecule has 5 rings (SSSR count). The number of carbonyl (C=O) groups is 1. The van der Waals surface area contributed by atoms with Gasteiger partial charge in [0.1, 0.15) is 11.5 Å². The first-order chi connectivity index (χ1) is 18.6. The van der Waals surface area contributed by atoms with Crippen molar-refractivity contribution in [3.63, 3.8) is 0 Å². The Balaban J connectivity index is 1.68. The summed E-state index contributed by atoms with van der Waals surface area (Å²) in [6, 6.07) is 33.2. The molecule has 0 spiro atoms. The number of amides is 1. The Morgan fingerprint density at radius 3 is 2.13 bits per heavy atom. The lowest BCUT2D eigenvalue weighted by molar-refractivity contribution is 0.0998. The molecule has 0 bridgehead atoms. The van der Waals surface area contributed by atoms with Crippen LogP contribution in [-0.2, 0) is 0 Å². The number of hydrogen-bond donors (Lipinski definition) is 0. The molecule has 5 nitrogen and oxygen atoms in total. The van der Waals surface area contributed by atoms with Crippen LogP contribution in [0.25, 0.3) is 21.7 Å². The molecule has 5 aromatic rings. The number of hydrogen-bond acceptors (Lipinski definition) is 5. The van der Waals surface area contributed by atoms with Gasteiger partial charge in [-0.25, -0.2) is 4.98 Å². The number of rotatable bonds is 8. The summed E-state index contributed by atoms with van der Waals surface area (Å²) < 4.78 is 11.0. The van der Waals surface area contributed by atoms with Crippen molar-refractivity contribution >= 4 is 28.1 Å². The van der Waals surface area contributed by atoms with Gasteiger partial charge in [-0.2, -0.15) is 0 Å². The quantitative estimate of drug-likeness (QED) is 0.207. The van der Waals surface area contributed by atoms with Crippen LogP contribution in [0.2, 0.25) is 0 Å². The molecule has 1 aromatic heterocycles. The Morgan fingerprint density at radius 1 is 0.816 bits per heavy atom. The van der Waals surface area contributed by atoms with E-state index in [2.05, 4.69) is 12.1 Å². The Bertz CT molecular complexity index is 1530. The van der Waals surface area contributed by atoms with Gasteiger partial charge < -0.3 is 9.47 Å².